The SMILES string of the molecule is COc1cccc(-c2noc(COC(=O)c3cc([N+](=O)[O-])ccc3OC)n2)c1. The molecule has 0 atom stereocenters. The summed E-state index contributed by atoms with van der Waals surface area (Å²) >= 11 is 0. The Morgan fingerprint density at radius 2 is 2.00 bits per heavy atom. The summed E-state index contributed by atoms with van der Waals surface area (Å²) in [6.45, 7) is -0.304. The molecular weight excluding hydrogens is 370 g/mol. The van der Waals surface area contributed by atoms with Gasteiger partial charge in [-0.1, -0.05) is 17.3 Å². The van der Waals surface area contributed by atoms with Crippen LogP contribution in [0.25, 0.3) is 11.4 Å². The van der Waals surface area contributed by atoms with E-state index in [9.17, 15) is 14.9 Å². The van der Waals surface area contributed by atoms with E-state index >= 15 is 0 Å². The second-order valence-electron chi connectivity index (χ2n) is 5.46. The first-order valence-corrected chi connectivity index (χ1v) is 7.98. The number of aromatic nitrogens is 2. The van der Waals surface area contributed by atoms with Gasteiger partial charge in [-0.15, -0.1) is 0 Å². The number of non-ortho nitro benzene ring substituents is 1. The van der Waals surface area contributed by atoms with Crippen molar-refractivity contribution in [2.45, 2.75) is 6.61 Å². The third-order valence-corrected chi connectivity index (χ3v) is 3.74. The molecule has 1 heterocycles. The molecular formula is C18H15N3O7. The number of nitro groups is 1. The average Bonchev–Trinajstić information content (AvgIpc) is 3.20. The highest BCUT2D eigenvalue weighted by Gasteiger charge is 2.20. The second-order valence-corrected chi connectivity index (χ2v) is 5.46. The molecule has 0 N–H and O–H groups in total. The molecule has 3 rings (SSSR count). The summed E-state index contributed by atoms with van der Waals surface area (Å²) in [6, 6.07) is 10.7. The molecule has 0 spiro atoms. The summed E-state index contributed by atoms with van der Waals surface area (Å²) in [6.07, 6.45) is 0. The topological polar surface area (TPSA) is 127 Å². The maximum atomic E-state index is 12.3. The minimum absolute atomic E-state index is 0.0653. The summed E-state index contributed by atoms with van der Waals surface area (Å²) in [5.41, 5.74) is 0.330. The molecule has 0 saturated carbocycles. The highest BCUT2D eigenvalue weighted by molar-refractivity contribution is 5.93. The first-order valence-electron chi connectivity index (χ1n) is 7.98. The van der Waals surface area contributed by atoms with E-state index in [2.05, 4.69) is 10.1 Å². The van der Waals surface area contributed by atoms with Gasteiger partial charge >= 0.3 is 5.97 Å². The van der Waals surface area contributed by atoms with Crippen LogP contribution in [0.1, 0.15) is 16.2 Å². The molecule has 0 saturated heterocycles. The largest absolute Gasteiger partial charge is 0.497 e. The van der Waals surface area contributed by atoms with Crippen LogP contribution < -0.4 is 9.47 Å². The number of methoxy groups -OCH3 is 2. The second kappa shape index (κ2) is 8.16. The Morgan fingerprint density at radius 3 is 2.71 bits per heavy atom. The van der Waals surface area contributed by atoms with E-state index in [4.69, 9.17) is 18.7 Å². The molecule has 28 heavy (non-hydrogen) atoms. The number of esters is 1. The minimum atomic E-state index is -0.818. The highest BCUT2D eigenvalue weighted by Crippen LogP contribution is 2.25. The van der Waals surface area contributed by atoms with Crippen molar-refractivity contribution >= 4 is 11.7 Å². The van der Waals surface area contributed by atoms with Crippen molar-refractivity contribution in [3.05, 3.63) is 64.0 Å². The molecule has 0 fully saturated rings. The Labute approximate surface area is 158 Å². The van der Waals surface area contributed by atoms with Crippen molar-refractivity contribution in [2.24, 2.45) is 0 Å². The van der Waals surface area contributed by atoms with Crippen molar-refractivity contribution in [3.63, 3.8) is 0 Å². The van der Waals surface area contributed by atoms with Gasteiger partial charge in [0.2, 0.25) is 5.82 Å². The first kappa shape index (κ1) is 18.8. The van der Waals surface area contributed by atoms with Gasteiger partial charge in [-0.3, -0.25) is 10.1 Å². The van der Waals surface area contributed by atoms with E-state index in [0.29, 0.717) is 17.1 Å². The van der Waals surface area contributed by atoms with Gasteiger partial charge < -0.3 is 18.7 Å². The normalized spacial score (nSPS) is 10.4. The Hall–Kier alpha value is -3.95. The van der Waals surface area contributed by atoms with E-state index in [1.54, 1.807) is 31.4 Å². The number of carbonyl (C=O) groups is 1. The van der Waals surface area contributed by atoms with Crippen LogP contribution in [0.3, 0.4) is 0 Å². The Balaban J connectivity index is 1.73. The summed E-state index contributed by atoms with van der Waals surface area (Å²) < 4.78 is 20.4. The lowest BCUT2D eigenvalue weighted by Crippen LogP contribution is -2.08. The fourth-order valence-electron chi connectivity index (χ4n) is 2.37. The number of benzene rings is 2. The van der Waals surface area contributed by atoms with Crippen LogP contribution in [-0.2, 0) is 11.3 Å². The zero-order valence-corrected chi connectivity index (χ0v) is 14.9. The lowest BCUT2D eigenvalue weighted by atomic mass is 10.2. The standard InChI is InChI=1S/C18H15N3O7/c1-25-13-5-3-4-11(8-13)17-19-16(28-20-17)10-27-18(22)14-9-12(21(23)24)6-7-15(14)26-2/h3-9H,10H2,1-2H3. The van der Waals surface area contributed by atoms with E-state index in [0.717, 1.165) is 6.07 Å². The van der Waals surface area contributed by atoms with Crippen LogP contribution in [0.2, 0.25) is 0 Å². The number of nitrogens with zero attached hydrogens (tertiary/aromatic N) is 3. The minimum Gasteiger partial charge on any atom is -0.497 e. The third-order valence-electron chi connectivity index (χ3n) is 3.74. The Morgan fingerprint density at radius 1 is 1.18 bits per heavy atom. The number of hydrogen-bond donors (Lipinski definition) is 0. The molecule has 0 aliphatic heterocycles. The van der Waals surface area contributed by atoms with Crippen molar-refractivity contribution in [1.29, 1.82) is 0 Å². The first-order chi connectivity index (χ1) is 13.5. The fourth-order valence-corrected chi connectivity index (χ4v) is 2.37. The zero-order valence-electron chi connectivity index (χ0n) is 14.9. The average molecular weight is 385 g/mol. The van der Waals surface area contributed by atoms with Gasteiger partial charge in [0.25, 0.3) is 11.6 Å². The Kier molecular flexibility index (Phi) is 5.49. The van der Waals surface area contributed by atoms with Gasteiger partial charge in [0.1, 0.15) is 17.1 Å². The molecule has 0 bridgehead atoms. The van der Waals surface area contributed by atoms with Gasteiger partial charge in [0.05, 0.1) is 19.1 Å². The van der Waals surface area contributed by atoms with Gasteiger partial charge in [-0.2, -0.15) is 4.98 Å². The molecule has 144 valence electrons. The van der Waals surface area contributed by atoms with E-state index in [-0.39, 0.29) is 29.5 Å². The molecule has 0 amide bonds. The molecule has 0 unspecified atom stereocenters. The maximum absolute atomic E-state index is 12.3. The number of nitro benzene ring substituents is 1. The highest BCUT2D eigenvalue weighted by atomic mass is 16.6. The quantitative estimate of drug-likeness (QED) is 0.342. The summed E-state index contributed by atoms with van der Waals surface area (Å²) in [4.78, 5) is 26.8. The van der Waals surface area contributed by atoms with Crippen LogP contribution in [0, 0.1) is 10.1 Å². The smallest absolute Gasteiger partial charge is 0.342 e. The molecule has 0 aliphatic rings. The molecule has 2 aromatic carbocycles. The number of hydrogen-bond acceptors (Lipinski definition) is 9. The van der Waals surface area contributed by atoms with Crippen molar-refractivity contribution in [1.82, 2.24) is 10.1 Å². The lowest BCUT2D eigenvalue weighted by Gasteiger charge is -2.07. The molecule has 10 nitrogen and oxygen atoms in total. The van der Waals surface area contributed by atoms with Crippen LogP contribution in [0.4, 0.5) is 5.69 Å². The molecule has 0 aliphatic carbocycles. The predicted octanol–water partition coefficient (Wildman–Crippen LogP) is 3.02. The third kappa shape index (κ3) is 4.06. The number of carbonyl (C=O) groups excluding carboxylic acids is 1. The Bertz CT molecular complexity index is 1020. The fraction of sp³-hybridized carbons (Fsp3) is 0.167. The van der Waals surface area contributed by atoms with Crippen molar-refractivity contribution in [2.75, 3.05) is 14.2 Å². The van der Waals surface area contributed by atoms with Crippen molar-refractivity contribution < 1.29 is 28.5 Å². The number of rotatable bonds is 7. The zero-order chi connectivity index (χ0) is 20.1. The molecule has 10 heteroatoms. The van der Waals surface area contributed by atoms with Gasteiger partial charge in [-0.25, -0.2) is 4.79 Å². The molecule has 1 aromatic heterocycles. The maximum Gasteiger partial charge on any atom is 0.342 e. The van der Waals surface area contributed by atoms with E-state index < -0.39 is 10.9 Å². The van der Waals surface area contributed by atoms with E-state index in [1.165, 1.54) is 19.2 Å². The van der Waals surface area contributed by atoms with Crippen LogP contribution in [0.15, 0.2) is 47.0 Å². The van der Waals surface area contributed by atoms with Crippen LogP contribution in [-0.4, -0.2) is 35.3 Å². The van der Waals surface area contributed by atoms with Crippen LogP contribution in [0.5, 0.6) is 11.5 Å². The summed E-state index contributed by atoms with van der Waals surface area (Å²) in [7, 11) is 2.89. The summed E-state index contributed by atoms with van der Waals surface area (Å²) in [5, 5.41) is 14.7. The van der Waals surface area contributed by atoms with Gasteiger partial charge in [0.15, 0.2) is 6.61 Å². The van der Waals surface area contributed by atoms with Gasteiger partial charge in [0, 0.05) is 17.7 Å². The van der Waals surface area contributed by atoms with Crippen molar-refractivity contribution in [3.8, 4) is 22.9 Å². The molecule has 0 radical (unpaired) electrons. The predicted molar refractivity (Wildman–Crippen MR) is 95.1 cm³/mol. The van der Waals surface area contributed by atoms with E-state index in [1.807, 2.05) is 0 Å². The monoisotopic (exact) mass is 385 g/mol. The lowest BCUT2D eigenvalue weighted by molar-refractivity contribution is -0.384. The molecule has 3 aromatic rings. The summed E-state index contributed by atoms with van der Waals surface area (Å²) in [5.74, 6) is 0.335. The van der Waals surface area contributed by atoms with Crippen LogP contribution >= 0.6 is 0 Å². The van der Waals surface area contributed by atoms with Gasteiger partial charge in [-0.05, 0) is 18.2 Å². The number of ether oxygens (including phenoxy) is 3.